The molecule has 5 nitrogen and oxygen atoms in total. The van der Waals surface area contributed by atoms with Crippen LogP contribution in [0.15, 0.2) is 10.7 Å². The SMILES string of the molecule is CCCNc1ncc(Br)c(NCC2(O)CCCC2)n1. The molecule has 0 atom stereocenters. The number of rotatable bonds is 6. The van der Waals surface area contributed by atoms with E-state index in [0.717, 1.165) is 48.9 Å². The van der Waals surface area contributed by atoms with Crippen molar-refractivity contribution < 1.29 is 5.11 Å². The first-order chi connectivity index (χ1) is 9.13. The number of nitrogens with one attached hydrogen (secondary N) is 2. The maximum absolute atomic E-state index is 10.3. The van der Waals surface area contributed by atoms with E-state index >= 15 is 0 Å². The van der Waals surface area contributed by atoms with Crippen LogP contribution in [0.25, 0.3) is 0 Å². The van der Waals surface area contributed by atoms with Crippen molar-refractivity contribution in [3.8, 4) is 0 Å². The molecule has 1 aromatic heterocycles. The van der Waals surface area contributed by atoms with Crippen molar-refractivity contribution >= 4 is 27.7 Å². The Morgan fingerprint density at radius 3 is 2.79 bits per heavy atom. The molecule has 19 heavy (non-hydrogen) atoms. The lowest BCUT2D eigenvalue weighted by atomic mass is 10.0. The summed E-state index contributed by atoms with van der Waals surface area (Å²) in [6.45, 7) is 3.49. The van der Waals surface area contributed by atoms with E-state index in [0.29, 0.717) is 12.5 Å². The molecule has 1 aliphatic carbocycles. The van der Waals surface area contributed by atoms with E-state index in [2.05, 4.69) is 43.5 Å². The highest BCUT2D eigenvalue weighted by Gasteiger charge is 2.30. The van der Waals surface area contributed by atoms with Crippen LogP contribution in [0.1, 0.15) is 39.0 Å². The van der Waals surface area contributed by atoms with Crippen LogP contribution in [0, 0.1) is 0 Å². The smallest absolute Gasteiger partial charge is 0.224 e. The molecule has 1 heterocycles. The quantitative estimate of drug-likeness (QED) is 0.749. The predicted molar refractivity (Wildman–Crippen MR) is 80.4 cm³/mol. The van der Waals surface area contributed by atoms with Gasteiger partial charge in [-0.2, -0.15) is 4.98 Å². The van der Waals surface area contributed by atoms with Gasteiger partial charge in [0.2, 0.25) is 5.95 Å². The van der Waals surface area contributed by atoms with Crippen LogP contribution in [0.4, 0.5) is 11.8 Å². The van der Waals surface area contributed by atoms with Crippen molar-refractivity contribution in [1.82, 2.24) is 9.97 Å². The summed E-state index contributed by atoms with van der Waals surface area (Å²) in [5.74, 6) is 1.35. The Balaban J connectivity index is 1.98. The topological polar surface area (TPSA) is 70.1 Å². The van der Waals surface area contributed by atoms with Gasteiger partial charge in [0.25, 0.3) is 0 Å². The zero-order chi connectivity index (χ0) is 13.7. The molecule has 1 fully saturated rings. The van der Waals surface area contributed by atoms with Gasteiger partial charge in [0.15, 0.2) is 0 Å². The normalized spacial score (nSPS) is 17.4. The van der Waals surface area contributed by atoms with E-state index in [9.17, 15) is 5.11 Å². The molecule has 6 heteroatoms. The number of anilines is 2. The summed E-state index contributed by atoms with van der Waals surface area (Å²) in [5, 5.41) is 16.7. The van der Waals surface area contributed by atoms with Crippen LogP contribution < -0.4 is 10.6 Å². The molecule has 0 radical (unpaired) electrons. The maximum Gasteiger partial charge on any atom is 0.224 e. The zero-order valence-electron chi connectivity index (χ0n) is 11.2. The largest absolute Gasteiger partial charge is 0.388 e. The van der Waals surface area contributed by atoms with Gasteiger partial charge in [-0.05, 0) is 35.2 Å². The second-order valence-corrected chi connectivity index (χ2v) is 5.96. The summed E-state index contributed by atoms with van der Waals surface area (Å²) in [5.41, 5.74) is -0.582. The predicted octanol–water partition coefficient (Wildman–Crippen LogP) is 2.78. The van der Waals surface area contributed by atoms with Gasteiger partial charge in [-0.1, -0.05) is 19.8 Å². The summed E-state index contributed by atoms with van der Waals surface area (Å²) in [6.07, 6.45) is 6.69. The van der Waals surface area contributed by atoms with Crippen molar-refractivity contribution in [3.05, 3.63) is 10.7 Å². The molecule has 0 aliphatic heterocycles. The first kappa shape index (κ1) is 14.5. The van der Waals surface area contributed by atoms with Gasteiger partial charge in [0, 0.05) is 19.3 Å². The van der Waals surface area contributed by atoms with Crippen molar-refractivity contribution in [2.45, 2.75) is 44.6 Å². The maximum atomic E-state index is 10.3. The minimum Gasteiger partial charge on any atom is -0.388 e. The Morgan fingerprint density at radius 1 is 1.37 bits per heavy atom. The van der Waals surface area contributed by atoms with Gasteiger partial charge in [-0.25, -0.2) is 4.98 Å². The highest BCUT2D eigenvalue weighted by Crippen LogP contribution is 2.30. The third kappa shape index (κ3) is 4.04. The van der Waals surface area contributed by atoms with Crippen molar-refractivity contribution in [2.24, 2.45) is 0 Å². The molecular weight excluding hydrogens is 308 g/mol. The van der Waals surface area contributed by atoms with Gasteiger partial charge in [0.1, 0.15) is 5.82 Å². The van der Waals surface area contributed by atoms with Crippen molar-refractivity contribution in [1.29, 1.82) is 0 Å². The van der Waals surface area contributed by atoms with E-state index in [1.165, 1.54) is 0 Å². The molecule has 0 saturated heterocycles. The van der Waals surface area contributed by atoms with Crippen molar-refractivity contribution in [3.63, 3.8) is 0 Å². The fraction of sp³-hybridized carbons (Fsp3) is 0.692. The van der Waals surface area contributed by atoms with Crippen LogP contribution in [0.2, 0.25) is 0 Å². The molecule has 0 amide bonds. The average Bonchev–Trinajstić information content (AvgIpc) is 2.84. The molecule has 0 spiro atoms. The molecule has 1 aliphatic rings. The van der Waals surface area contributed by atoms with Gasteiger partial charge in [0.05, 0.1) is 10.1 Å². The first-order valence-corrected chi connectivity index (χ1v) is 7.65. The van der Waals surface area contributed by atoms with E-state index in [1.807, 2.05) is 0 Å². The molecule has 0 aromatic carbocycles. The number of aromatic nitrogens is 2. The third-order valence-corrected chi connectivity index (χ3v) is 3.98. The highest BCUT2D eigenvalue weighted by molar-refractivity contribution is 9.10. The zero-order valence-corrected chi connectivity index (χ0v) is 12.8. The Kier molecular flexibility index (Phi) is 4.99. The Bertz CT molecular complexity index is 421. The van der Waals surface area contributed by atoms with Gasteiger partial charge < -0.3 is 15.7 Å². The summed E-state index contributed by atoms with van der Waals surface area (Å²) in [6, 6.07) is 0. The summed E-state index contributed by atoms with van der Waals surface area (Å²) in [7, 11) is 0. The summed E-state index contributed by atoms with van der Waals surface area (Å²) < 4.78 is 0.816. The molecule has 1 saturated carbocycles. The van der Waals surface area contributed by atoms with Gasteiger partial charge in [-0.3, -0.25) is 0 Å². The Hall–Kier alpha value is -0.880. The lowest BCUT2D eigenvalue weighted by Gasteiger charge is -2.23. The first-order valence-electron chi connectivity index (χ1n) is 6.86. The van der Waals surface area contributed by atoms with Gasteiger partial charge in [-0.15, -0.1) is 0 Å². The van der Waals surface area contributed by atoms with Crippen LogP contribution in [0.3, 0.4) is 0 Å². The van der Waals surface area contributed by atoms with Crippen LogP contribution >= 0.6 is 15.9 Å². The standard InChI is InChI=1S/C13H21BrN4O/c1-2-7-15-12-16-8-10(14)11(18-12)17-9-13(19)5-3-4-6-13/h8,19H,2-7,9H2,1H3,(H2,15,16,17,18). The Labute approximate surface area is 122 Å². The molecule has 1 aromatic rings. The van der Waals surface area contributed by atoms with E-state index in [-0.39, 0.29) is 0 Å². The minimum atomic E-state index is -0.582. The van der Waals surface area contributed by atoms with Crippen molar-refractivity contribution in [2.75, 3.05) is 23.7 Å². The second-order valence-electron chi connectivity index (χ2n) is 5.10. The minimum absolute atomic E-state index is 0.538. The summed E-state index contributed by atoms with van der Waals surface area (Å²) >= 11 is 3.43. The fourth-order valence-electron chi connectivity index (χ4n) is 2.27. The number of halogens is 1. The average molecular weight is 329 g/mol. The van der Waals surface area contributed by atoms with E-state index in [4.69, 9.17) is 0 Å². The monoisotopic (exact) mass is 328 g/mol. The van der Waals surface area contributed by atoms with Crippen LogP contribution in [-0.2, 0) is 0 Å². The van der Waals surface area contributed by atoms with E-state index in [1.54, 1.807) is 6.20 Å². The lowest BCUT2D eigenvalue weighted by Crippen LogP contribution is -2.33. The Morgan fingerprint density at radius 2 is 2.11 bits per heavy atom. The second kappa shape index (κ2) is 6.52. The third-order valence-electron chi connectivity index (χ3n) is 3.40. The van der Waals surface area contributed by atoms with Gasteiger partial charge >= 0.3 is 0 Å². The molecule has 0 bridgehead atoms. The van der Waals surface area contributed by atoms with Crippen LogP contribution in [-0.4, -0.2) is 33.8 Å². The number of hydrogen-bond acceptors (Lipinski definition) is 5. The molecule has 106 valence electrons. The number of aliphatic hydroxyl groups is 1. The molecule has 2 rings (SSSR count). The number of hydrogen-bond donors (Lipinski definition) is 3. The van der Waals surface area contributed by atoms with E-state index < -0.39 is 5.60 Å². The molecule has 0 unspecified atom stereocenters. The highest BCUT2D eigenvalue weighted by atomic mass is 79.9. The lowest BCUT2D eigenvalue weighted by molar-refractivity contribution is 0.0614. The molecule has 3 N–H and O–H groups in total. The van der Waals surface area contributed by atoms with Crippen LogP contribution in [0.5, 0.6) is 0 Å². The summed E-state index contributed by atoms with van der Waals surface area (Å²) in [4.78, 5) is 8.61. The fourth-order valence-corrected chi connectivity index (χ4v) is 2.60. The molecular formula is C13H21BrN4O. The number of nitrogens with zero attached hydrogens (tertiary/aromatic N) is 2.